The first-order valence-corrected chi connectivity index (χ1v) is 12.9. The molecule has 0 unspecified atom stereocenters. The zero-order valence-corrected chi connectivity index (χ0v) is 21.2. The molecule has 1 aliphatic carbocycles. The Morgan fingerprint density at radius 1 is 0.865 bits per heavy atom. The number of aryl methyl sites for hydroxylation is 1. The van der Waals surface area contributed by atoms with Crippen molar-refractivity contribution in [2.75, 3.05) is 11.9 Å². The van der Waals surface area contributed by atoms with Gasteiger partial charge in [-0.25, -0.2) is 0 Å². The van der Waals surface area contributed by atoms with Gasteiger partial charge in [-0.05, 0) is 91.0 Å². The standard InChI is InChI=1S/C31H34N2O4/c1-21-4-2-3-5-28(21)25-10-12-26(13-11-25)31(37)32-19-18-29(34)33-27-16-14-24(15-17-27)23-8-6-22(7-9-23)20-30(35)36/h2-5,10-17,22-23H,6-9,18-20H2,1H3,(H,32,37)(H,33,34)(H,35,36). The molecule has 0 saturated heterocycles. The molecule has 6 heteroatoms. The molecule has 2 amide bonds. The van der Waals surface area contributed by atoms with E-state index in [1.807, 2.05) is 48.5 Å². The highest BCUT2D eigenvalue weighted by Gasteiger charge is 2.24. The highest BCUT2D eigenvalue weighted by atomic mass is 16.4. The van der Waals surface area contributed by atoms with Crippen molar-refractivity contribution in [3.05, 3.63) is 89.5 Å². The lowest BCUT2D eigenvalue weighted by atomic mass is 9.77. The molecule has 0 aromatic heterocycles. The van der Waals surface area contributed by atoms with E-state index in [-0.39, 0.29) is 37.1 Å². The van der Waals surface area contributed by atoms with E-state index in [0.717, 1.165) is 42.5 Å². The van der Waals surface area contributed by atoms with Crippen molar-refractivity contribution in [3.8, 4) is 11.1 Å². The normalized spacial score (nSPS) is 17.1. The molecule has 3 N–H and O–H groups in total. The number of carboxylic acids is 1. The molecule has 0 radical (unpaired) electrons. The van der Waals surface area contributed by atoms with Crippen molar-refractivity contribution in [2.45, 2.75) is 51.4 Å². The molecular formula is C31H34N2O4. The maximum atomic E-state index is 12.5. The summed E-state index contributed by atoms with van der Waals surface area (Å²) in [4.78, 5) is 35.8. The third-order valence-electron chi connectivity index (χ3n) is 7.22. The summed E-state index contributed by atoms with van der Waals surface area (Å²) in [5.41, 5.74) is 5.90. The van der Waals surface area contributed by atoms with Gasteiger partial charge in [-0.2, -0.15) is 0 Å². The molecule has 0 spiro atoms. The first-order valence-electron chi connectivity index (χ1n) is 12.9. The molecule has 0 atom stereocenters. The van der Waals surface area contributed by atoms with E-state index in [1.54, 1.807) is 12.1 Å². The number of carbonyl (C=O) groups excluding carboxylic acids is 2. The van der Waals surface area contributed by atoms with E-state index in [2.05, 4.69) is 29.7 Å². The lowest BCUT2D eigenvalue weighted by Gasteiger charge is -2.28. The molecule has 37 heavy (non-hydrogen) atoms. The Morgan fingerprint density at radius 2 is 1.54 bits per heavy atom. The Morgan fingerprint density at radius 3 is 2.19 bits per heavy atom. The van der Waals surface area contributed by atoms with E-state index in [0.29, 0.717) is 11.5 Å². The average molecular weight is 499 g/mol. The number of aliphatic carboxylic acids is 1. The number of nitrogens with one attached hydrogen (secondary N) is 2. The molecule has 0 aliphatic heterocycles. The molecule has 1 aliphatic rings. The van der Waals surface area contributed by atoms with Crippen molar-refractivity contribution in [3.63, 3.8) is 0 Å². The van der Waals surface area contributed by atoms with Gasteiger partial charge in [0.1, 0.15) is 0 Å². The van der Waals surface area contributed by atoms with Gasteiger partial charge in [-0.15, -0.1) is 0 Å². The van der Waals surface area contributed by atoms with Crippen LogP contribution in [0, 0.1) is 12.8 Å². The molecule has 192 valence electrons. The number of amides is 2. The SMILES string of the molecule is Cc1ccccc1-c1ccc(C(=O)NCCC(=O)Nc2ccc(C3CCC(CC(=O)O)CC3)cc2)cc1. The molecule has 0 bridgehead atoms. The predicted octanol–water partition coefficient (Wildman–Crippen LogP) is 6.17. The Bertz CT molecular complexity index is 1230. The number of benzene rings is 3. The number of carbonyl (C=O) groups is 3. The second-order valence-corrected chi connectivity index (χ2v) is 9.88. The van der Waals surface area contributed by atoms with E-state index >= 15 is 0 Å². The summed E-state index contributed by atoms with van der Waals surface area (Å²) in [6, 6.07) is 23.5. The van der Waals surface area contributed by atoms with Gasteiger partial charge in [0.2, 0.25) is 5.91 Å². The molecule has 1 fully saturated rings. The van der Waals surface area contributed by atoms with Crippen molar-refractivity contribution in [1.29, 1.82) is 0 Å². The predicted molar refractivity (Wildman–Crippen MR) is 146 cm³/mol. The van der Waals surface area contributed by atoms with E-state index < -0.39 is 5.97 Å². The molecule has 3 aromatic carbocycles. The van der Waals surface area contributed by atoms with Crippen LogP contribution in [0.3, 0.4) is 0 Å². The van der Waals surface area contributed by atoms with Gasteiger partial charge in [0, 0.05) is 30.6 Å². The largest absolute Gasteiger partial charge is 0.481 e. The van der Waals surface area contributed by atoms with Crippen LogP contribution in [0.2, 0.25) is 0 Å². The second kappa shape index (κ2) is 12.3. The van der Waals surface area contributed by atoms with Gasteiger partial charge >= 0.3 is 5.97 Å². The molecule has 1 saturated carbocycles. The Kier molecular flexibility index (Phi) is 8.72. The maximum Gasteiger partial charge on any atom is 0.303 e. The van der Waals surface area contributed by atoms with Crippen molar-refractivity contribution in [1.82, 2.24) is 5.32 Å². The Balaban J connectivity index is 1.20. The number of hydrogen-bond acceptors (Lipinski definition) is 3. The van der Waals surface area contributed by atoms with Gasteiger partial charge in [0.25, 0.3) is 5.91 Å². The molecule has 4 rings (SSSR count). The zero-order chi connectivity index (χ0) is 26.2. The average Bonchev–Trinajstić information content (AvgIpc) is 2.90. The van der Waals surface area contributed by atoms with Gasteiger partial charge in [0.05, 0.1) is 0 Å². The minimum absolute atomic E-state index is 0.155. The second-order valence-electron chi connectivity index (χ2n) is 9.88. The zero-order valence-electron chi connectivity index (χ0n) is 21.2. The van der Waals surface area contributed by atoms with Gasteiger partial charge < -0.3 is 15.7 Å². The van der Waals surface area contributed by atoms with Crippen LogP contribution >= 0.6 is 0 Å². The van der Waals surface area contributed by atoms with Crippen LogP contribution in [0.15, 0.2) is 72.8 Å². The summed E-state index contributed by atoms with van der Waals surface area (Å²) in [6.45, 7) is 2.31. The highest BCUT2D eigenvalue weighted by Crippen LogP contribution is 2.37. The minimum Gasteiger partial charge on any atom is -0.481 e. The Hall–Kier alpha value is -3.93. The first-order chi connectivity index (χ1) is 17.9. The topological polar surface area (TPSA) is 95.5 Å². The molecule has 0 heterocycles. The fraction of sp³-hybridized carbons (Fsp3) is 0.323. The van der Waals surface area contributed by atoms with Crippen molar-refractivity contribution in [2.24, 2.45) is 5.92 Å². The number of carboxylic acid groups (broad SMARTS) is 1. The number of anilines is 1. The lowest BCUT2D eigenvalue weighted by Crippen LogP contribution is -2.27. The fourth-order valence-electron chi connectivity index (χ4n) is 5.10. The van der Waals surface area contributed by atoms with Crippen molar-refractivity contribution >= 4 is 23.5 Å². The van der Waals surface area contributed by atoms with Crippen molar-refractivity contribution < 1.29 is 19.5 Å². The monoisotopic (exact) mass is 498 g/mol. The summed E-state index contributed by atoms with van der Waals surface area (Å²) in [7, 11) is 0. The maximum absolute atomic E-state index is 12.5. The van der Waals surface area contributed by atoms with Gasteiger partial charge in [0.15, 0.2) is 0 Å². The van der Waals surface area contributed by atoms with Crippen LogP contribution < -0.4 is 10.6 Å². The fourth-order valence-corrected chi connectivity index (χ4v) is 5.10. The van der Waals surface area contributed by atoms with Crippen LogP contribution in [0.1, 0.15) is 65.9 Å². The van der Waals surface area contributed by atoms with Crippen LogP contribution in [-0.2, 0) is 9.59 Å². The molecule has 6 nitrogen and oxygen atoms in total. The van der Waals surface area contributed by atoms with Crippen LogP contribution in [-0.4, -0.2) is 29.4 Å². The highest BCUT2D eigenvalue weighted by molar-refractivity contribution is 5.95. The third-order valence-corrected chi connectivity index (χ3v) is 7.22. The summed E-state index contributed by atoms with van der Waals surface area (Å²) in [6.07, 6.45) is 4.33. The first kappa shape index (κ1) is 26.1. The van der Waals surface area contributed by atoms with Crippen LogP contribution in [0.5, 0.6) is 0 Å². The summed E-state index contributed by atoms with van der Waals surface area (Å²) >= 11 is 0. The van der Waals surface area contributed by atoms with Crippen LogP contribution in [0.25, 0.3) is 11.1 Å². The minimum atomic E-state index is -0.712. The van der Waals surface area contributed by atoms with E-state index in [9.17, 15) is 14.4 Å². The Labute approximate surface area is 218 Å². The van der Waals surface area contributed by atoms with E-state index in [4.69, 9.17) is 5.11 Å². The van der Waals surface area contributed by atoms with Gasteiger partial charge in [-0.1, -0.05) is 48.5 Å². The summed E-state index contributed by atoms with van der Waals surface area (Å²) in [5, 5.41) is 14.7. The summed E-state index contributed by atoms with van der Waals surface area (Å²) < 4.78 is 0. The lowest BCUT2D eigenvalue weighted by molar-refractivity contribution is -0.138. The molecule has 3 aromatic rings. The summed E-state index contributed by atoms with van der Waals surface area (Å²) in [5.74, 6) is -0.346. The third kappa shape index (κ3) is 7.29. The number of hydrogen-bond donors (Lipinski definition) is 3. The van der Waals surface area contributed by atoms with Crippen LogP contribution in [0.4, 0.5) is 5.69 Å². The number of rotatable bonds is 9. The molecular weight excluding hydrogens is 464 g/mol. The van der Waals surface area contributed by atoms with E-state index in [1.165, 1.54) is 11.1 Å². The quantitative estimate of drug-likeness (QED) is 0.329. The van der Waals surface area contributed by atoms with Gasteiger partial charge in [-0.3, -0.25) is 14.4 Å². The smallest absolute Gasteiger partial charge is 0.303 e.